The number of nitrogens with one attached hydrogen (secondary N) is 1. The van der Waals surface area contributed by atoms with Gasteiger partial charge in [0.25, 0.3) is 0 Å². The van der Waals surface area contributed by atoms with Crippen molar-refractivity contribution in [3.8, 4) is 0 Å². The van der Waals surface area contributed by atoms with Gasteiger partial charge in [-0.05, 0) is 20.0 Å². The van der Waals surface area contributed by atoms with Gasteiger partial charge in [0, 0.05) is 32.4 Å². The highest BCUT2D eigenvalue weighted by molar-refractivity contribution is 5.13. The molecule has 1 aromatic heterocycles. The molecule has 2 heterocycles. The summed E-state index contributed by atoms with van der Waals surface area (Å²) in [4.78, 5) is 2.36. The van der Waals surface area contributed by atoms with Gasteiger partial charge in [-0.3, -0.25) is 9.58 Å². The lowest BCUT2D eigenvalue weighted by Gasteiger charge is -2.31. The second-order valence-corrected chi connectivity index (χ2v) is 4.03. The van der Waals surface area contributed by atoms with Crippen LogP contribution in [-0.2, 0) is 7.05 Å². The van der Waals surface area contributed by atoms with Gasteiger partial charge in [-0.1, -0.05) is 0 Å². The van der Waals surface area contributed by atoms with Crippen LogP contribution in [-0.4, -0.2) is 41.4 Å². The van der Waals surface area contributed by atoms with E-state index in [0.29, 0.717) is 6.04 Å². The van der Waals surface area contributed by atoms with E-state index in [-0.39, 0.29) is 0 Å². The van der Waals surface area contributed by atoms with Crippen molar-refractivity contribution < 1.29 is 0 Å². The molecule has 1 unspecified atom stereocenters. The van der Waals surface area contributed by atoms with Gasteiger partial charge in [-0.25, -0.2) is 0 Å². The molecule has 1 fully saturated rings. The molecule has 0 radical (unpaired) electrons. The van der Waals surface area contributed by atoms with Crippen LogP contribution < -0.4 is 5.32 Å². The van der Waals surface area contributed by atoms with Crippen molar-refractivity contribution in [3.05, 3.63) is 17.5 Å². The number of nitrogens with zero attached hydrogens (tertiary/aromatic N) is 3. The van der Waals surface area contributed by atoms with Crippen molar-refractivity contribution in [2.24, 2.45) is 7.05 Å². The van der Waals surface area contributed by atoms with Crippen molar-refractivity contribution in [2.75, 3.05) is 26.7 Å². The highest BCUT2D eigenvalue weighted by atomic mass is 15.3. The van der Waals surface area contributed by atoms with E-state index in [0.717, 1.165) is 19.6 Å². The van der Waals surface area contributed by atoms with Crippen LogP contribution in [0.3, 0.4) is 0 Å². The van der Waals surface area contributed by atoms with Crippen LogP contribution in [0.1, 0.15) is 17.4 Å². The van der Waals surface area contributed by atoms with Crippen LogP contribution in [0.2, 0.25) is 0 Å². The van der Waals surface area contributed by atoms with Crippen molar-refractivity contribution in [3.63, 3.8) is 0 Å². The molecule has 2 rings (SSSR count). The first-order valence-electron chi connectivity index (χ1n) is 5.10. The zero-order valence-corrected chi connectivity index (χ0v) is 9.12. The van der Waals surface area contributed by atoms with Crippen molar-refractivity contribution in [1.29, 1.82) is 0 Å². The molecule has 0 bridgehead atoms. The minimum atomic E-state index is 0.434. The van der Waals surface area contributed by atoms with Gasteiger partial charge < -0.3 is 5.32 Å². The van der Waals surface area contributed by atoms with Gasteiger partial charge in [0.05, 0.1) is 11.7 Å². The molecule has 0 saturated carbocycles. The summed E-state index contributed by atoms with van der Waals surface area (Å²) < 4.78 is 1.94. The molecule has 1 aromatic rings. The first-order valence-corrected chi connectivity index (χ1v) is 5.10. The van der Waals surface area contributed by atoms with Gasteiger partial charge in [0.1, 0.15) is 0 Å². The third-order valence-electron chi connectivity index (χ3n) is 2.99. The van der Waals surface area contributed by atoms with Gasteiger partial charge in [0.2, 0.25) is 0 Å². The molecule has 1 aliphatic heterocycles. The van der Waals surface area contributed by atoms with Crippen LogP contribution in [0.15, 0.2) is 6.07 Å². The Balaban J connectivity index is 2.20. The quantitative estimate of drug-likeness (QED) is 0.698. The Labute approximate surface area is 84.9 Å². The molecule has 1 saturated heterocycles. The minimum absolute atomic E-state index is 0.434. The van der Waals surface area contributed by atoms with Crippen molar-refractivity contribution >= 4 is 0 Å². The monoisotopic (exact) mass is 194 g/mol. The molecule has 78 valence electrons. The SMILES string of the molecule is Cc1cc(C2CNCCN2C)nn1C. The highest BCUT2D eigenvalue weighted by Gasteiger charge is 2.22. The zero-order valence-electron chi connectivity index (χ0n) is 9.12. The third kappa shape index (κ3) is 1.67. The molecule has 14 heavy (non-hydrogen) atoms. The average Bonchev–Trinajstić information content (AvgIpc) is 2.48. The zero-order chi connectivity index (χ0) is 10.1. The van der Waals surface area contributed by atoms with Crippen LogP contribution >= 0.6 is 0 Å². The molecule has 4 nitrogen and oxygen atoms in total. The Kier molecular flexibility index (Phi) is 2.56. The molecule has 4 heteroatoms. The van der Waals surface area contributed by atoms with Gasteiger partial charge >= 0.3 is 0 Å². The molecule has 1 atom stereocenters. The van der Waals surface area contributed by atoms with Crippen LogP contribution in [0.5, 0.6) is 0 Å². The first kappa shape index (κ1) is 9.68. The Morgan fingerprint density at radius 1 is 1.50 bits per heavy atom. The van der Waals surface area contributed by atoms with E-state index in [2.05, 4.69) is 35.4 Å². The number of piperazine rings is 1. The first-order chi connectivity index (χ1) is 6.68. The van der Waals surface area contributed by atoms with E-state index in [1.165, 1.54) is 11.4 Å². The maximum Gasteiger partial charge on any atom is 0.0811 e. The molecule has 0 spiro atoms. The van der Waals surface area contributed by atoms with E-state index in [9.17, 15) is 0 Å². The van der Waals surface area contributed by atoms with E-state index in [1.807, 2.05) is 11.7 Å². The van der Waals surface area contributed by atoms with Gasteiger partial charge in [-0.15, -0.1) is 0 Å². The van der Waals surface area contributed by atoms with Crippen LogP contribution in [0, 0.1) is 6.92 Å². The summed E-state index contributed by atoms with van der Waals surface area (Å²) in [6.07, 6.45) is 0. The summed E-state index contributed by atoms with van der Waals surface area (Å²) in [5.41, 5.74) is 2.40. The second kappa shape index (κ2) is 3.71. The standard InChI is InChI=1S/C10H18N4/c1-8-6-9(12-14(8)3)10-7-11-4-5-13(10)2/h6,10-11H,4-5,7H2,1-3H3. The van der Waals surface area contributed by atoms with Crippen LogP contribution in [0.25, 0.3) is 0 Å². The Hall–Kier alpha value is -0.870. The van der Waals surface area contributed by atoms with E-state index < -0.39 is 0 Å². The molecular formula is C10H18N4. The van der Waals surface area contributed by atoms with Crippen LogP contribution in [0.4, 0.5) is 0 Å². The summed E-state index contributed by atoms with van der Waals surface area (Å²) in [5.74, 6) is 0. The minimum Gasteiger partial charge on any atom is -0.313 e. The fourth-order valence-electron chi connectivity index (χ4n) is 1.89. The number of likely N-dealkylation sites (N-methyl/N-ethyl adjacent to an activating group) is 1. The molecule has 1 N–H and O–H groups in total. The Morgan fingerprint density at radius 3 is 2.86 bits per heavy atom. The lowest BCUT2D eigenvalue weighted by molar-refractivity contribution is 0.197. The van der Waals surface area contributed by atoms with Gasteiger partial charge in [-0.2, -0.15) is 5.10 Å². The maximum absolute atomic E-state index is 4.52. The average molecular weight is 194 g/mol. The van der Waals surface area contributed by atoms with E-state index in [4.69, 9.17) is 0 Å². The molecule has 1 aliphatic rings. The smallest absolute Gasteiger partial charge is 0.0811 e. The predicted molar refractivity (Wildman–Crippen MR) is 56.2 cm³/mol. The van der Waals surface area contributed by atoms with Gasteiger partial charge in [0.15, 0.2) is 0 Å². The highest BCUT2D eigenvalue weighted by Crippen LogP contribution is 2.19. The number of aryl methyl sites for hydroxylation is 2. The number of rotatable bonds is 1. The summed E-state index contributed by atoms with van der Waals surface area (Å²) >= 11 is 0. The molecule has 0 aliphatic carbocycles. The predicted octanol–water partition coefficient (Wildman–Crippen LogP) is 0.305. The van der Waals surface area contributed by atoms with Crippen molar-refractivity contribution in [1.82, 2.24) is 20.0 Å². The Bertz CT molecular complexity index is 298. The summed E-state index contributed by atoms with van der Waals surface area (Å²) in [6, 6.07) is 2.61. The van der Waals surface area contributed by atoms with Crippen molar-refractivity contribution in [2.45, 2.75) is 13.0 Å². The van der Waals surface area contributed by atoms with E-state index >= 15 is 0 Å². The molecular weight excluding hydrogens is 176 g/mol. The largest absolute Gasteiger partial charge is 0.313 e. The lowest BCUT2D eigenvalue weighted by atomic mass is 10.1. The summed E-state index contributed by atoms with van der Waals surface area (Å²) in [5, 5.41) is 7.92. The fourth-order valence-corrected chi connectivity index (χ4v) is 1.89. The number of hydrogen-bond donors (Lipinski definition) is 1. The molecule has 0 aromatic carbocycles. The number of hydrogen-bond acceptors (Lipinski definition) is 3. The molecule has 0 amide bonds. The summed E-state index contributed by atoms with van der Waals surface area (Å²) in [6.45, 7) is 5.28. The Morgan fingerprint density at radius 2 is 2.29 bits per heavy atom. The van der Waals surface area contributed by atoms with E-state index in [1.54, 1.807) is 0 Å². The lowest BCUT2D eigenvalue weighted by Crippen LogP contribution is -2.44. The summed E-state index contributed by atoms with van der Waals surface area (Å²) in [7, 11) is 4.16. The maximum atomic E-state index is 4.52. The third-order valence-corrected chi connectivity index (χ3v) is 2.99. The topological polar surface area (TPSA) is 33.1 Å². The second-order valence-electron chi connectivity index (χ2n) is 4.03. The number of aromatic nitrogens is 2. The fraction of sp³-hybridized carbons (Fsp3) is 0.700. The normalized spacial score (nSPS) is 24.1.